The van der Waals surface area contributed by atoms with Crippen LogP contribution < -0.4 is 4.74 Å². The highest BCUT2D eigenvalue weighted by atomic mass is 19.1. The van der Waals surface area contributed by atoms with Gasteiger partial charge in [0.25, 0.3) is 0 Å². The number of hydrogen-bond donors (Lipinski definition) is 8. The number of phenols is 8. The molecule has 0 saturated carbocycles. The minimum absolute atomic E-state index is 0.0126. The van der Waals surface area contributed by atoms with Crippen LogP contribution in [0.15, 0.2) is 24.3 Å². The summed E-state index contributed by atoms with van der Waals surface area (Å²) in [5.74, 6) is -12.9. The summed E-state index contributed by atoms with van der Waals surface area (Å²) in [4.78, 5) is 12.7. The summed E-state index contributed by atoms with van der Waals surface area (Å²) >= 11 is 0. The SMILES string of the molecule is O=C(OC1Cc2c(O)cc(O)cc2O[C@@H]1c1cc(O)c(O)c(O)c1F)c1cc(O)c(O)c(O)c1F. The Bertz CT molecular complexity index is 1370. The summed E-state index contributed by atoms with van der Waals surface area (Å²) in [6, 6.07) is 3.12. The van der Waals surface area contributed by atoms with Crippen LogP contribution >= 0.6 is 0 Å². The number of esters is 1. The number of benzene rings is 3. The second kappa shape index (κ2) is 8.20. The summed E-state index contributed by atoms with van der Waals surface area (Å²) in [6.07, 6.45) is -3.70. The van der Waals surface area contributed by atoms with Crippen molar-refractivity contribution in [3.63, 3.8) is 0 Å². The lowest BCUT2D eigenvalue weighted by atomic mass is 9.93. The van der Waals surface area contributed by atoms with Crippen molar-refractivity contribution in [1.29, 1.82) is 0 Å². The second-order valence-corrected chi connectivity index (χ2v) is 7.58. The molecule has 0 aromatic heterocycles. The van der Waals surface area contributed by atoms with Crippen LogP contribution in [0.5, 0.6) is 51.7 Å². The number of carbonyl (C=O) groups excluding carboxylic acids is 1. The summed E-state index contributed by atoms with van der Waals surface area (Å²) in [5, 5.41) is 77.7. The van der Waals surface area contributed by atoms with Crippen LogP contribution in [0.4, 0.5) is 8.78 Å². The Labute approximate surface area is 193 Å². The third-order valence-corrected chi connectivity index (χ3v) is 5.36. The molecule has 2 atom stereocenters. The number of fused-ring (bicyclic) bond motifs is 1. The van der Waals surface area contributed by atoms with E-state index in [1.165, 1.54) is 0 Å². The fourth-order valence-electron chi connectivity index (χ4n) is 3.63. The highest BCUT2D eigenvalue weighted by molar-refractivity contribution is 5.91. The normalized spacial score (nSPS) is 16.9. The molecule has 0 saturated heterocycles. The molecule has 1 aliphatic rings. The molecule has 0 bridgehead atoms. The van der Waals surface area contributed by atoms with E-state index in [4.69, 9.17) is 9.47 Å². The first-order chi connectivity index (χ1) is 16.4. The van der Waals surface area contributed by atoms with E-state index in [-0.39, 0.29) is 11.3 Å². The number of carbonyl (C=O) groups is 1. The zero-order valence-corrected chi connectivity index (χ0v) is 17.2. The largest absolute Gasteiger partial charge is 0.508 e. The monoisotopic (exact) mass is 494 g/mol. The number of hydrogen-bond acceptors (Lipinski definition) is 11. The number of ether oxygens (including phenoxy) is 2. The third kappa shape index (κ3) is 3.82. The number of aromatic hydroxyl groups is 8. The molecule has 184 valence electrons. The average molecular weight is 494 g/mol. The highest BCUT2D eigenvalue weighted by Gasteiger charge is 2.40. The van der Waals surface area contributed by atoms with Gasteiger partial charge >= 0.3 is 5.97 Å². The predicted molar refractivity (Wildman–Crippen MR) is 109 cm³/mol. The van der Waals surface area contributed by atoms with E-state index in [0.717, 1.165) is 12.1 Å². The Morgan fingerprint density at radius 2 is 1.40 bits per heavy atom. The van der Waals surface area contributed by atoms with Crippen molar-refractivity contribution >= 4 is 5.97 Å². The summed E-state index contributed by atoms with van der Waals surface area (Å²) < 4.78 is 40.0. The first-order valence-electron chi connectivity index (χ1n) is 9.69. The van der Waals surface area contributed by atoms with Gasteiger partial charge in [-0.2, -0.15) is 0 Å². The molecule has 8 N–H and O–H groups in total. The van der Waals surface area contributed by atoms with Gasteiger partial charge in [0.1, 0.15) is 28.9 Å². The van der Waals surface area contributed by atoms with Crippen LogP contribution in [0.3, 0.4) is 0 Å². The van der Waals surface area contributed by atoms with E-state index in [1.54, 1.807) is 0 Å². The van der Waals surface area contributed by atoms with E-state index in [2.05, 4.69) is 0 Å². The van der Waals surface area contributed by atoms with E-state index < -0.39 is 93.4 Å². The van der Waals surface area contributed by atoms with E-state index in [1.807, 2.05) is 0 Å². The fourth-order valence-corrected chi connectivity index (χ4v) is 3.63. The molecule has 1 heterocycles. The van der Waals surface area contributed by atoms with Crippen molar-refractivity contribution in [2.45, 2.75) is 18.6 Å². The van der Waals surface area contributed by atoms with Crippen LogP contribution in [0, 0.1) is 11.6 Å². The van der Waals surface area contributed by atoms with Gasteiger partial charge in [0.05, 0.1) is 0 Å². The molecule has 3 aromatic carbocycles. The maximum atomic E-state index is 14.8. The van der Waals surface area contributed by atoms with Gasteiger partial charge in [-0.05, 0) is 6.07 Å². The van der Waals surface area contributed by atoms with Crippen LogP contribution in [-0.4, -0.2) is 52.9 Å². The van der Waals surface area contributed by atoms with E-state index >= 15 is 0 Å². The standard InChI is InChI=1S/C22H16F2O11/c23-15-8(3-11(27)17(29)19(15)31)21-14(5-7-10(26)1-6(25)2-13(7)34-21)35-22(33)9-4-12(28)18(30)20(32)16(9)24/h1-4,14,21,25-32H,5H2/t14?,21-/m1/s1. The molecule has 1 unspecified atom stereocenters. The molecule has 0 fully saturated rings. The Morgan fingerprint density at radius 1 is 0.800 bits per heavy atom. The first-order valence-corrected chi connectivity index (χ1v) is 9.69. The van der Waals surface area contributed by atoms with Gasteiger partial charge in [-0.15, -0.1) is 0 Å². The van der Waals surface area contributed by atoms with Gasteiger partial charge < -0.3 is 50.3 Å². The molecule has 1 aliphatic heterocycles. The predicted octanol–water partition coefficient (Wildman–Crippen LogP) is 2.51. The van der Waals surface area contributed by atoms with Crippen molar-refractivity contribution < 1.29 is 63.9 Å². The van der Waals surface area contributed by atoms with Crippen molar-refractivity contribution in [3.05, 3.63) is 52.6 Å². The van der Waals surface area contributed by atoms with Crippen LogP contribution in [0.2, 0.25) is 0 Å². The molecule has 0 spiro atoms. The molecular weight excluding hydrogens is 478 g/mol. The molecule has 0 radical (unpaired) electrons. The van der Waals surface area contributed by atoms with Crippen LogP contribution in [0.25, 0.3) is 0 Å². The van der Waals surface area contributed by atoms with Crippen molar-refractivity contribution in [3.8, 4) is 51.7 Å². The second-order valence-electron chi connectivity index (χ2n) is 7.58. The number of phenolic OH excluding ortho intramolecular Hbond substituents is 8. The highest BCUT2D eigenvalue weighted by Crippen LogP contribution is 2.47. The van der Waals surface area contributed by atoms with Crippen LogP contribution in [-0.2, 0) is 11.2 Å². The van der Waals surface area contributed by atoms with Gasteiger partial charge in [0.15, 0.2) is 40.7 Å². The van der Waals surface area contributed by atoms with Gasteiger partial charge in [-0.3, -0.25) is 0 Å². The average Bonchev–Trinajstić information content (AvgIpc) is 2.81. The van der Waals surface area contributed by atoms with E-state index in [9.17, 15) is 54.4 Å². The zero-order valence-electron chi connectivity index (χ0n) is 17.2. The molecule has 13 heteroatoms. The summed E-state index contributed by atoms with van der Waals surface area (Å²) in [6.45, 7) is 0. The quantitative estimate of drug-likeness (QED) is 0.197. The van der Waals surface area contributed by atoms with Gasteiger partial charge in [-0.25, -0.2) is 13.6 Å². The lowest BCUT2D eigenvalue weighted by Gasteiger charge is -2.34. The first kappa shape index (κ1) is 23.4. The smallest absolute Gasteiger partial charge is 0.341 e. The van der Waals surface area contributed by atoms with Crippen molar-refractivity contribution in [1.82, 2.24) is 0 Å². The minimum atomic E-state index is -1.69. The Balaban J connectivity index is 1.81. The lowest BCUT2D eigenvalue weighted by Crippen LogP contribution is -2.35. The van der Waals surface area contributed by atoms with Crippen molar-refractivity contribution in [2.75, 3.05) is 0 Å². The summed E-state index contributed by atoms with van der Waals surface area (Å²) in [7, 11) is 0. The molecule has 35 heavy (non-hydrogen) atoms. The number of rotatable bonds is 3. The van der Waals surface area contributed by atoms with E-state index in [0.29, 0.717) is 12.1 Å². The van der Waals surface area contributed by atoms with Gasteiger partial charge in [0.2, 0.25) is 11.5 Å². The van der Waals surface area contributed by atoms with Gasteiger partial charge in [0, 0.05) is 35.7 Å². The fraction of sp³-hybridized carbons (Fsp3) is 0.136. The topological polar surface area (TPSA) is 197 Å². The number of halogens is 2. The maximum Gasteiger partial charge on any atom is 0.341 e. The van der Waals surface area contributed by atoms with Crippen molar-refractivity contribution in [2.24, 2.45) is 0 Å². The Morgan fingerprint density at radius 3 is 2.06 bits per heavy atom. The zero-order chi connectivity index (χ0) is 25.8. The lowest BCUT2D eigenvalue weighted by molar-refractivity contribution is -0.0204. The molecule has 0 aliphatic carbocycles. The Hall–Kier alpha value is -4.81. The molecule has 4 rings (SSSR count). The van der Waals surface area contributed by atoms with Crippen LogP contribution in [0.1, 0.15) is 27.6 Å². The molecular formula is C22H16F2O11. The molecule has 11 nitrogen and oxygen atoms in total. The molecule has 3 aromatic rings. The third-order valence-electron chi connectivity index (χ3n) is 5.36. The maximum absolute atomic E-state index is 14.8. The minimum Gasteiger partial charge on any atom is -0.508 e. The molecule has 0 amide bonds. The Kier molecular flexibility index (Phi) is 5.47. The van der Waals surface area contributed by atoms with Gasteiger partial charge in [-0.1, -0.05) is 0 Å². The summed E-state index contributed by atoms with van der Waals surface area (Å²) in [5.41, 5.74) is -1.66.